The molecule has 0 spiro atoms. The summed E-state index contributed by atoms with van der Waals surface area (Å²) in [4.78, 5) is 13.1. The topological polar surface area (TPSA) is 17.1 Å². The molecule has 0 radical (unpaired) electrons. The fourth-order valence-corrected chi connectivity index (χ4v) is 4.98. The van der Waals surface area contributed by atoms with E-state index in [1.54, 1.807) is 0 Å². The third-order valence-corrected chi connectivity index (χ3v) is 5.98. The predicted octanol–water partition coefficient (Wildman–Crippen LogP) is 4.40. The molecule has 1 fully saturated rings. The van der Waals surface area contributed by atoms with Crippen molar-refractivity contribution < 1.29 is 4.79 Å². The van der Waals surface area contributed by atoms with Gasteiger partial charge in [-0.2, -0.15) is 0 Å². The zero-order chi connectivity index (χ0) is 13.6. The highest BCUT2D eigenvalue weighted by atomic mass is 16.1. The third-order valence-electron chi connectivity index (χ3n) is 5.98. The second kappa shape index (κ2) is 4.92. The van der Waals surface area contributed by atoms with Crippen LogP contribution in [0.5, 0.6) is 0 Å². The molecule has 104 valence electrons. The van der Waals surface area contributed by atoms with E-state index in [0.717, 1.165) is 18.8 Å². The molecule has 1 saturated carbocycles. The highest BCUT2D eigenvalue weighted by molar-refractivity contribution is 5.86. The number of fused-ring (bicyclic) bond motifs is 2. The molecule has 0 N–H and O–H groups in total. The molecule has 3 aliphatic rings. The second-order valence-electron chi connectivity index (χ2n) is 6.95. The van der Waals surface area contributed by atoms with Gasteiger partial charge >= 0.3 is 0 Å². The Morgan fingerprint density at radius 1 is 1.32 bits per heavy atom. The summed E-state index contributed by atoms with van der Waals surface area (Å²) in [5.41, 5.74) is 1.43. The second-order valence-corrected chi connectivity index (χ2v) is 6.95. The number of Topliss-reactive ketones (excluding diaryl/α,β-unsaturated/α-hetero) is 1. The predicted molar refractivity (Wildman–Crippen MR) is 78.7 cm³/mol. The average molecular weight is 258 g/mol. The summed E-state index contributed by atoms with van der Waals surface area (Å²) >= 11 is 0. The van der Waals surface area contributed by atoms with E-state index in [4.69, 9.17) is 0 Å². The summed E-state index contributed by atoms with van der Waals surface area (Å²) in [7, 11) is 0. The first-order valence-corrected chi connectivity index (χ1v) is 8.00. The lowest BCUT2D eigenvalue weighted by molar-refractivity contribution is -0.130. The van der Waals surface area contributed by atoms with Gasteiger partial charge in [0, 0.05) is 17.8 Å². The highest BCUT2D eigenvalue weighted by Gasteiger charge is 2.47. The van der Waals surface area contributed by atoms with Crippen molar-refractivity contribution >= 4 is 5.78 Å². The Morgan fingerprint density at radius 3 is 2.84 bits per heavy atom. The van der Waals surface area contributed by atoms with Crippen molar-refractivity contribution in [1.29, 1.82) is 0 Å². The largest absolute Gasteiger partial charge is 0.299 e. The summed E-state index contributed by atoms with van der Waals surface area (Å²) in [5, 5.41) is 0. The van der Waals surface area contributed by atoms with Crippen LogP contribution in [0.2, 0.25) is 0 Å². The minimum absolute atomic E-state index is 0.253. The Balaban J connectivity index is 1.96. The van der Waals surface area contributed by atoms with Crippen molar-refractivity contribution in [1.82, 2.24) is 0 Å². The Labute approximate surface area is 117 Å². The number of allylic oxidation sites excluding steroid dienone is 4. The molecule has 0 aliphatic heterocycles. The molecular weight excluding hydrogens is 232 g/mol. The summed E-state index contributed by atoms with van der Waals surface area (Å²) in [6.45, 7) is 6.84. The molecular formula is C18H26O. The van der Waals surface area contributed by atoms with Crippen molar-refractivity contribution in [2.24, 2.45) is 35.5 Å². The molecule has 0 aromatic rings. The van der Waals surface area contributed by atoms with Gasteiger partial charge in [-0.05, 0) is 43.9 Å². The third kappa shape index (κ3) is 2.02. The van der Waals surface area contributed by atoms with Gasteiger partial charge in [0.1, 0.15) is 5.78 Å². The van der Waals surface area contributed by atoms with Crippen LogP contribution >= 0.6 is 0 Å². The van der Waals surface area contributed by atoms with Crippen LogP contribution in [-0.4, -0.2) is 5.78 Å². The van der Waals surface area contributed by atoms with Crippen molar-refractivity contribution in [2.45, 2.75) is 46.5 Å². The quantitative estimate of drug-likeness (QED) is 0.637. The van der Waals surface area contributed by atoms with Gasteiger partial charge in [-0.3, -0.25) is 4.79 Å². The number of hydrogen-bond donors (Lipinski definition) is 0. The molecule has 3 rings (SSSR count). The van der Waals surface area contributed by atoms with Crippen molar-refractivity contribution in [3.8, 4) is 0 Å². The lowest BCUT2D eigenvalue weighted by Crippen LogP contribution is -2.34. The molecule has 0 unspecified atom stereocenters. The van der Waals surface area contributed by atoms with Crippen LogP contribution in [0, 0.1) is 35.5 Å². The zero-order valence-electron chi connectivity index (χ0n) is 12.4. The Hall–Kier alpha value is -0.850. The Kier molecular flexibility index (Phi) is 3.41. The maximum atomic E-state index is 13.1. The first kappa shape index (κ1) is 13.1. The molecule has 19 heavy (non-hydrogen) atoms. The van der Waals surface area contributed by atoms with Crippen LogP contribution in [-0.2, 0) is 4.79 Å². The monoisotopic (exact) mass is 258 g/mol. The number of rotatable bonds is 1. The Morgan fingerprint density at radius 2 is 2.11 bits per heavy atom. The molecule has 0 aromatic carbocycles. The molecule has 0 saturated heterocycles. The lowest BCUT2D eigenvalue weighted by Gasteiger charge is -2.31. The SMILES string of the molecule is CC[C@H]1[C@@H]2C(=O)[C@H]3CC=C[C@H]3C(C)=CC[C@H]2C[C@H]1C. The van der Waals surface area contributed by atoms with Gasteiger partial charge < -0.3 is 0 Å². The summed E-state index contributed by atoms with van der Waals surface area (Å²) < 4.78 is 0. The van der Waals surface area contributed by atoms with E-state index in [-0.39, 0.29) is 5.92 Å². The molecule has 1 heteroatoms. The molecule has 1 nitrogen and oxygen atoms in total. The van der Waals surface area contributed by atoms with E-state index < -0.39 is 0 Å². The van der Waals surface area contributed by atoms with E-state index in [0.29, 0.717) is 29.5 Å². The lowest BCUT2D eigenvalue weighted by atomic mass is 9.71. The van der Waals surface area contributed by atoms with Crippen molar-refractivity contribution in [2.75, 3.05) is 0 Å². The van der Waals surface area contributed by atoms with Crippen molar-refractivity contribution in [3.05, 3.63) is 23.8 Å². The molecule has 0 bridgehead atoms. The fourth-order valence-electron chi connectivity index (χ4n) is 4.98. The van der Waals surface area contributed by atoms with E-state index in [2.05, 4.69) is 39.0 Å². The molecule has 3 aliphatic carbocycles. The van der Waals surface area contributed by atoms with Crippen LogP contribution < -0.4 is 0 Å². The van der Waals surface area contributed by atoms with E-state index in [1.165, 1.54) is 18.4 Å². The number of carbonyl (C=O) groups is 1. The average Bonchev–Trinajstić information content (AvgIpc) is 2.98. The van der Waals surface area contributed by atoms with Gasteiger partial charge in [-0.25, -0.2) is 0 Å². The summed E-state index contributed by atoms with van der Waals surface area (Å²) in [6.07, 6.45) is 11.5. The Bertz CT molecular complexity index is 431. The van der Waals surface area contributed by atoms with Gasteiger partial charge in [-0.15, -0.1) is 0 Å². The molecule has 0 aromatic heterocycles. The van der Waals surface area contributed by atoms with Gasteiger partial charge in [0.2, 0.25) is 0 Å². The van der Waals surface area contributed by atoms with Gasteiger partial charge in [0.15, 0.2) is 0 Å². The first-order valence-electron chi connectivity index (χ1n) is 8.00. The van der Waals surface area contributed by atoms with Crippen LogP contribution in [0.3, 0.4) is 0 Å². The number of carbonyl (C=O) groups excluding carboxylic acids is 1. The molecule has 6 atom stereocenters. The number of hydrogen-bond acceptors (Lipinski definition) is 1. The maximum absolute atomic E-state index is 13.1. The van der Waals surface area contributed by atoms with E-state index >= 15 is 0 Å². The summed E-state index contributed by atoms with van der Waals surface area (Å²) in [6, 6.07) is 0. The highest BCUT2D eigenvalue weighted by Crippen LogP contribution is 2.49. The van der Waals surface area contributed by atoms with Gasteiger partial charge in [0.25, 0.3) is 0 Å². The summed E-state index contributed by atoms with van der Waals surface area (Å²) in [5.74, 6) is 3.56. The minimum atomic E-state index is 0.253. The first-order chi connectivity index (χ1) is 9.13. The van der Waals surface area contributed by atoms with Crippen LogP contribution in [0.4, 0.5) is 0 Å². The molecule has 0 heterocycles. The standard InChI is InChI=1S/C18H26O/c1-4-14-12(3)10-13-9-8-11(2)15-6-5-7-16(15)18(19)17(13)14/h5-6,8,12-17H,4,7,9-10H2,1-3H3/t12-,13+,14-,15+,16+,17-/m1/s1. The zero-order valence-corrected chi connectivity index (χ0v) is 12.4. The van der Waals surface area contributed by atoms with Crippen molar-refractivity contribution in [3.63, 3.8) is 0 Å². The smallest absolute Gasteiger partial charge is 0.140 e. The maximum Gasteiger partial charge on any atom is 0.140 e. The normalized spacial score (nSPS) is 45.4. The van der Waals surface area contributed by atoms with E-state index in [9.17, 15) is 4.79 Å². The number of ketones is 1. The molecule has 0 amide bonds. The van der Waals surface area contributed by atoms with Crippen LogP contribution in [0.25, 0.3) is 0 Å². The minimum Gasteiger partial charge on any atom is -0.299 e. The van der Waals surface area contributed by atoms with Gasteiger partial charge in [0.05, 0.1) is 0 Å². The van der Waals surface area contributed by atoms with Crippen LogP contribution in [0.15, 0.2) is 23.8 Å². The van der Waals surface area contributed by atoms with E-state index in [1.807, 2.05) is 0 Å². The fraction of sp³-hybridized carbons (Fsp3) is 0.722. The van der Waals surface area contributed by atoms with Gasteiger partial charge in [-0.1, -0.05) is 44.1 Å². The van der Waals surface area contributed by atoms with Crippen LogP contribution in [0.1, 0.15) is 46.5 Å².